The third-order valence-corrected chi connectivity index (χ3v) is 6.15. The number of amides is 2. The number of allylic oxidation sites excluding steroid dienone is 2. The summed E-state index contributed by atoms with van der Waals surface area (Å²) in [6.07, 6.45) is 4.13. The Bertz CT molecular complexity index is 1040. The van der Waals surface area contributed by atoms with E-state index in [1.54, 1.807) is 0 Å². The van der Waals surface area contributed by atoms with E-state index in [1.807, 2.05) is 60.7 Å². The Hall–Kier alpha value is -3.53. The number of carbonyl (C=O) groups excluding carboxylic acids is 2. The van der Waals surface area contributed by atoms with Gasteiger partial charge in [-0.15, -0.1) is 0 Å². The minimum absolute atomic E-state index is 0.182. The summed E-state index contributed by atoms with van der Waals surface area (Å²) in [6, 6.07) is 25.2. The zero-order valence-electron chi connectivity index (χ0n) is 16.2. The average molecular weight is 397 g/mol. The normalized spacial score (nSPS) is 25.4. The topological polar surface area (TPSA) is 37.4 Å². The van der Waals surface area contributed by atoms with Crippen LogP contribution in [0.15, 0.2) is 97.1 Å². The second kappa shape index (κ2) is 7.38. The van der Waals surface area contributed by atoms with E-state index in [0.29, 0.717) is 5.69 Å². The maximum atomic E-state index is 13.6. The van der Waals surface area contributed by atoms with Gasteiger partial charge in [0.15, 0.2) is 0 Å². The van der Waals surface area contributed by atoms with E-state index in [2.05, 4.69) is 12.2 Å². The molecule has 2 aliphatic rings. The number of fused-ring (bicyclic) bond motifs is 1. The van der Waals surface area contributed by atoms with Gasteiger partial charge >= 0.3 is 0 Å². The summed E-state index contributed by atoms with van der Waals surface area (Å²) in [5.41, 5.74) is 2.44. The number of hydrogen-bond donors (Lipinski definition) is 0. The number of benzene rings is 3. The number of halogens is 1. The predicted molar refractivity (Wildman–Crippen MR) is 113 cm³/mol. The molecule has 0 unspecified atom stereocenters. The molecule has 3 aromatic rings. The van der Waals surface area contributed by atoms with E-state index >= 15 is 0 Å². The number of hydrogen-bond acceptors (Lipinski definition) is 2. The first kappa shape index (κ1) is 18.5. The Labute approximate surface area is 174 Å². The minimum Gasteiger partial charge on any atom is -0.274 e. The van der Waals surface area contributed by atoms with Crippen LogP contribution in [0.25, 0.3) is 0 Å². The maximum Gasteiger partial charge on any atom is 0.238 e. The fraction of sp³-hybridized carbons (Fsp3) is 0.154. The lowest BCUT2D eigenvalue weighted by molar-refractivity contribution is -0.122. The second-order valence-electron chi connectivity index (χ2n) is 7.80. The molecule has 0 aromatic heterocycles. The molecule has 0 spiro atoms. The summed E-state index contributed by atoms with van der Waals surface area (Å²) in [5, 5.41) is 0. The van der Waals surface area contributed by atoms with Gasteiger partial charge in [0, 0.05) is 11.8 Å². The maximum absolute atomic E-state index is 13.6. The fourth-order valence-corrected chi connectivity index (χ4v) is 4.78. The quantitative estimate of drug-likeness (QED) is 0.457. The van der Waals surface area contributed by atoms with Crippen molar-refractivity contribution in [1.82, 2.24) is 0 Å². The first-order chi connectivity index (χ1) is 14.6. The molecule has 1 fully saturated rings. The molecule has 4 atom stereocenters. The van der Waals surface area contributed by atoms with Crippen LogP contribution in [0.3, 0.4) is 0 Å². The SMILES string of the molecule is O=C1[C@H]2[C@H](C(=O)N1c1ccc(F)cc1)[C@H](c1ccccc1)C=C[C@H]2c1ccccc1. The van der Waals surface area contributed by atoms with Crippen LogP contribution in [0.2, 0.25) is 0 Å². The highest BCUT2D eigenvalue weighted by atomic mass is 19.1. The molecule has 3 aromatic carbocycles. The summed E-state index contributed by atoms with van der Waals surface area (Å²) in [4.78, 5) is 28.4. The van der Waals surface area contributed by atoms with Gasteiger partial charge in [-0.25, -0.2) is 9.29 Å². The Kier molecular flexibility index (Phi) is 4.55. The second-order valence-corrected chi connectivity index (χ2v) is 7.80. The molecule has 30 heavy (non-hydrogen) atoms. The first-order valence-corrected chi connectivity index (χ1v) is 10.1. The molecule has 1 heterocycles. The summed E-state index contributed by atoms with van der Waals surface area (Å²) >= 11 is 0. The van der Waals surface area contributed by atoms with Crippen molar-refractivity contribution >= 4 is 17.5 Å². The summed E-state index contributed by atoms with van der Waals surface area (Å²) in [5.74, 6) is -2.22. The molecule has 3 nitrogen and oxygen atoms in total. The molecule has 0 radical (unpaired) electrons. The molecule has 0 N–H and O–H groups in total. The Morgan fingerprint density at radius 3 is 1.47 bits per heavy atom. The highest BCUT2D eigenvalue weighted by Crippen LogP contribution is 2.50. The molecule has 2 amide bonds. The van der Waals surface area contributed by atoms with Gasteiger partial charge in [0.05, 0.1) is 17.5 Å². The lowest BCUT2D eigenvalue weighted by Gasteiger charge is -2.32. The number of rotatable bonds is 3. The fourth-order valence-electron chi connectivity index (χ4n) is 4.78. The van der Waals surface area contributed by atoms with Crippen LogP contribution in [0.4, 0.5) is 10.1 Å². The summed E-state index contributed by atoms with van der Waals surface area (Å²) in [7, 11) is 0. The van der Waals surface area contributed by atoms with E-state index in [4.69, 9.17) is 0 Å². The third-order valence-electron chi connectivity index (χ3n) is 6.15. The van der Waals surface area contributed by atoms with Crippen molar-refractivity contribution in [3.05, 3.63) is 114 Å². The minimum atomic E-state index is -0.500. The van der Waals surface area contributed by atoms with Crippen molar-refractivity contribution in [3.8, 4) is 0 Å². The van der Waals surface area contributed by atoms with Crippen molar-refractivity contribution in [3.63, 3.8) is 0 Å². The van der Waals surface area contributed by atoms with Crippen molar-refractivity contribution < 1.29 is 14.0 Å². The van der Waals surface area contributed by atoms with Gasteiger partial charge in [-0.05, 0) is 35.4 Å². The first-order valence-electron chi connectivity index (χ1n) is 10.1. The van der Waals surface area contributed by atoms with Crippen LogP contribution < -0.4 is 4.90 Å². The number of imide groups is 1. The van der Waals surface area contributed by atoms with E-state index < -0.39 is 17.7 Å². The Morgan fingerprint density at radius 2 is 1.03 bits per heavy atom. The molecular formula is C26H20FNO2. The van der Waals surface area contributed by atoms with Gasteiger partial charge < -0.3 is 0 Å². The molecule has 4 heteroatoms. The van der Waals surface area contributed by atoms with E-state index in [1.165, 1.54) is 29.2 Å². The molecule has 1 aliphatic heterocycles. The standard InChI is InChI=1S/C26H20FNO2/c27-19-11-13-20(14-12-19)28-25(29)23-21(17-7-3-1-4-8-17)15-16-22(24(23)26(28)30)18-9-5-2-6-10-18/h1-16,21-24H/t21-,22-,23+,24+/m0/s1. The monoisotopic (exact) mass is 397 g/mol. The molecular weight excluding hydrogens is 377 g/mol. The van der Waals surface area contributed by atoms with Gasteiger partial charge in [0.25, 0.3) is 0 Å². The number of nitrogens with zero attached hydrogens (tertiary/aromatic N) is 1. The lowest BCUT2D eigenvalue weighted by Crippen LogP contribution is -2.31. The Balaban J connectivity index is 1.63. The number of carbonyl (C=O) groups is 2. The zero-order valence-corrected chi connectivity index (χ0v) is 16.2. The number of anilines is 1. The zero-order chi connectivity index (χ0) is 20.7. The van der Waals surface area contributed by atoms with Crippen LogP contribution in [0, 0.1) is 17.7 Å². The van der Waals surface area contributed by atoms with Gasteiger partial charge in [-0.1, -0.05) is 72.8 Å². The highest BCUT2D eigenvalue weighted by Gasteiger charge is 2.55. The van der Waals surface area contributed by atoms with Crippen LogP contribution in [-0.2, 0) is 9.59 Å². The summed E-state index contributed by atoms with van der Waals surface area (Å²) in [6.45, 7) is 0. The van der Waals surface area contributed by atoms with Crippen molar-refractivity contribution in [2.45, 2.75) is 11.8 Å². The smallest absolute Gasteiger partial charge is 0.238 e. The third kappa shape index (κ3) is 2.96. The van der Waals surface area contributed by atoms with Crippen LogP contribution >= 0.6 is 0 Å². The van der Waals surface area contributed by atoms with E-state index in [0.717, 1.165) is 11.1 Å². The van der Waals surface area contributed by atoms with E-state index in [-0.39, 0.29) is 23.7 Å². The van der Waals surface area contributed by atoms with Crippen molar-refractivity contribution in [2.24, 2.45) is 11.8 Å². The molecule has 1 aliphatic carbocycles. The molecule has 5 rings (SSSR count). The van der Waals surface area contributed by atoms with Crippen LogP contribution in [0.5, 0.6) is 0 Å². The molecule has 0 saturated carbocycles. The molecule has 148 valence electrons. The van der Waals surface area contributed by atoms with Gasteiger partial charge in [-0.2, -0.15) is 0 Å². The van der Waals surface area contributed by atoms with Crippen LogP contribution in [-0.4, -0.2) is 11.8 Å². The van der Waals surface area contributed by atoms with Crippen molar-refractivity contribution in [2.75, 3.05) is 4.90 Å². The molecule has 1 saturated heterocycles. The van der Waals surface area contributed by atoms with Gasteiger partial charge in [0.2, 0.25) is 11.8 Å². The van der Waals surface area contributed by atoms with Gasteiger partial charge in [-0.3, -0.25) is 9.59 Å². The highest BCUT2D eigenvalue weighted by molar-refractivity contribution is 6.22. The molecule has 0 bridgehead atoms. The van der Waals surface area contributed by atoms with Gasteiger partial charge in [0.1, 0.15) is 5.82 Å². The van der Waals surface area contributed by atoms with Crippen LogP contribution in [0.1, 0.15) is 23.0 Å². The van der Waals surface area contributed by atoms with Crippen molar-refractivity contribution in [1.29, 1.82) is 0 Å². The van der Waals surface area contributed by atoms with E-state index in [9.17, 15) is 14.0 Å². The average Bonchev–Trinajstić information content (AvgIpc) is 3.06. The Morgan fingerprint density at radius 1 is 0.600 bits per heavy atom. The summed E-state index contributed by atoms with van der Waals surface area (Å²) < 4.78 is 13.4. The lowest BCUT2D eigenvalue weighted by atomic mass is 9.68. The predicted octanol–water partition coefficient (Wildman–Crippen LogP) is 5.07. The largest absolute Gasteiger partial charge is 0.274 e.